The maximum absolute atomic E-state index is 12.3. The molecular weight excluding hydrogens is 417 g/mol. The SMILES string of the molecule is CN1CCN(Cc2ccc(CNS(=O)(=O)Cc3ccc(Cl)c(Cl)c3)cc2)CC1. The monoisotopic (exact) mass is 441 g/mol. The highest BCUT2D eigenvalue weighted by atomic mass is 35.5. The van der Waals surface area contributed by atoms with Gasteiger partial charge in [0.25, 0.3) is 0 Å². The molecule has 1 aliphatic heterocycles. The summed E-state index contributed by atoms with van der Waals surface area (Å²) in [4.78, 5) is 4.78. The predicted octanol–water partition coefficient (Wildman–Crippen LogP) is 3.36. The van der Waals surface area contributed by atoms with Crippen molar-refractivity contribution in [2.75, 3.05) is 33.2 Å². The Kier molecular flexibility index (Phi) is 7.36. The molecule has 1 heterocycles. The van der Waals surface area contributed by atoms with Crippen molar-refractivity contribution < 1.29 is 8.42 Å². The zero-order valence-electron chi connectivity index (χ0n) is 15.9. The summed E-state index contributed by atoms with van der Waals surface area (Å²) in [6, 6.07) is 13.0. The van der Waals surface area contributed by atoms with Crippen molar-refractivity contribution in [3.05, 3.63) is 69.2 Å². The largest absolute Gasteiger partial charge is 0.304 e. The van der Waals surface area contributed by atoms with Gasteiger partial charge in [-0.15, -0.1) is 0 Å². The number of nitrogens with one attached hydrogen (secondary N) is 1. The number of sulfonamides is 1. The number of benzene rings is 2. The summed E-state index contributed by atoms with van der Waals surface area (Å²) in [6.45, 7) is 5.53. The number of halogens is 2. The molecule has 0 atom stereocenters. The van der Waals surface area contributed by atoms with Gasteiger partial charge in [0.15, 0.2) is 0 Å². The van der Waals surface area contributed by atoms with Gasteiger partial charge < -0.3 is 4.90 Å². The Bertz CT molecular complexity index is 896. The van der Waals surface area contributed by atoms with Gasteiger partial charge >= 0.3 is 0 Å². The van der Waals surface area contributed by atoms with Gasteiger partial charge in [-0.2, -0.15) is 0 Å². The Morgan fingerprint density at radius 2 is 1.50 bits per heavy atom. The van der Waals surface area contributed by atoms with E-state index in [1.807, 2.05) is 12.1 Å². The number of rotatable bonds is 7. The third-order valence-electron chi connectivity index (χ3n) is 4.86. The first kappa shape index (κ1) is 21.6. The van der Waals surface area contributed by atoms with E-state index in [4.69, 9.17) is 23.2 Å². The average molecular weight is 442 g/mol. The van der Waals surface area contributed by atoms with E-state index in [1.54, 1.807) is 18.2 Å². The van der Waals surface area contributed by atoms with Gasteiger partial charge in [0, 0.05) is 39.3 Å². The lowest BCUT2D eigenvalue weighted by molar-refractivity contribution is 0.148. The fourth-order valence-corrected chi connectivity index (χ4v) is 4.55. The van der Waals surface area contributed by atoms with Gasteiger partial charge in [-0.05, 0) is 35.9 Å². The van der Waals surface area contributed by atoms with Crippen LogP contribution >= 0.6 is 23.2 Å². The first-order chi connectivity index (χ1) is 13.3. The molecule has 28 heavy (non-hydrogen) atoms. The Morgan fingerprint density at radius 1 is 0.893 bits per heavy atom. The average Bonchev–Trinajstić information content (AvgIpc) is 2.66. The van der Waals surface area contributed by atoms with E-state index in [-0.39, 0.29) is 12.3 Å². The molecule has 1 N–H and O–H groups in total. The van der Waals surface area contributed by atoms with Gasteiger partial charge in [-0.1, -0.05) is 53.5 Å². The molecule has 0 spiro atoms. The Morgan fingerprint density at radius 3 is 2.14 bits per heavy atom. The van der Waals surface area contributed by atoms with E-state index >= 15 is 0 Å². The lowest BCUT2D eigenvalue weighted by Crippen LogP contribution is -2.43. The van der Waals surface area contributed by atoms with E-state index in [0.717, 1.165) is 38.3 Å². The van der Waals surface area contributed by atoms with Crippen molar-refractivity contribution in [3.8, 4) is 0 Å². The smallest absolute Gasteiger partial charge is 0.216 e. The quantitative estimate of drug-likeness (QED) is 0.715. The lowest BCUT2D eigenvalue weighted by Gasteiger charge is -2.32. The van der Waals surface area contributed by atoms with Gasteiger partial charge in [0.2, 0.25) is 10.0 Å². The van der Waals surface area contributed by atoms with Gasteiger partial charge in [-0.3, -0.25) is 4.90 Å². The van der Waals surface area contributed by atoms with Crippen molar-refractivity contribution >= 4 is 33.2 Å². The number of hydrogen-bond donors (Lipinski definition) is 1. The van der Waals surface area contributed by atoms with Crippen LogP contribution in [0.15, 0.2) is 42.5 Å². The maximum atomic E-state index is 12.3. The van der Waals surface area contributed by atoms with E-state index in [0.29, 0.717) is 15.6 Å². The maximum Gasteiger partial charge on any atom is 0.216 e. The van der Waals surface area contributed by atoms with Crippen LogP contribution in [0.2, 0.25) is 10.0 Å². The molecule has 1 saturated heterocycles. The van der Waals surface area contributed by atoms with Crippen molar-refractivity contribution in [2.24, 2.45) is 0 Å². The number of hydrogen-bond acceptors (Lipinski definition) is 4. The van der Waals surface area contributed by atoms with Crippen molar-refractivity contribution in [1.82, 2.24) is 14.5 Å². The van der Waals surface area contributed by atoms with Crippen LogP contribution in [0.5, 0.6) is 0 Å². The third-order valence-corrected chi connectivity index (χ3v) is 6.90. The second kappa shape index (κ2) is 9.57. The number of piperazine rings is 1. The van der Waals surface area contributed by atoms with Gasteiger partial charge in [-0.25, -0.2) is 13.1 Å². The minimum Gasteiger partial charge on any atom is -0.304 e. The highest BCUT2D eigenvalue weighted by Crippen LogP contribution is 2.23. The lowest BCUT2D eigenvalue weighted by atomic mass is 10.1. The molecule has 2 aromatic carbocycles. The van der Waals surface area contributed by atoms with Crippen LogP contribution in [0.25, 0.3) is 0 Å². The summed E-state index contributed by atoms with van der Waals surface area (Å²) in [6.07, 6.45) is 0. The highest BCUT2D eigenvalue weighted by molar-refractivity contribution is 7.88. The van der Waals surface area contributed by atoms with E-state index < -0.39 is 10.0 Å². The molecule has 5 nitrogen and oxygen atoms in total. The topological polar surface area (TPSA) is 52.6 Å². The summed E-state index contributed by atoms with van der Waals surface area (Å²) in [5.41, 5.74) is 2.77. The van der Waals surface area contributed by atoms with Crippen molar-refractivity contribution in [1.29, 1.82) is 0 Å². The molecule has 8 heteroatoms. The van der Waals surface area contributed by atoms with Crippen LogP contribution in [0.4, 0.5) is 0 Å². The summed E-state index contributed by atoms with van der Waals surface area (Å²) in [5.74, 6) is -0.134. The molecule has 0 bridgehead atoms. The van der Waals surface area contributed by atoms with E-state index in [9.17, 15) is 8.42 Å². The van der Waals surface area contributed by atoms with Crippen LogP contribution in [0.3, 0.4) is 0 Å². The molecule has 2 aromatic rings. The zero-order chi connectivity index (χ0) is 20.1. The van der Waals surface area contributed by atoms with Crippen molar-refractivity contribution in [3.63, 3.8) is 0 Å². The van der Waals surface area contributed by atoms with Gasteiger partial charge in [0.05, 0.1) is 15.8 Å². The second-order valence-electron chi connectivity index (χ2n) is 7.22. The van der Waals surface area contributed by atoms with E-state index in [1.165, 1.54) is 5.56 Å². The molecule has 0 saturated carbocycles. The standard InChI is InChI=1S/C20H25Cl2N3O2S/c1-24-8-10-25(11-9-24)14-17-4-2-16(3-5-17)13-23-28(26,27)15-18-6-7-19(21)20(22)12-18/h2-7,12,23H,8-11,13-15H2,1H3. The molecule has 152 valence electrons. The molecular formula is C20H25Cl2N3O2S. The summed E-state index contributed by atoms with van der Waals surface area (Å²) in [5, 5.41) is 0.762. The minimum absolute atomic E-state index is 0.134. The highest BCUT2D eigenvalue weighted by Gasteiger charge is 2.15. The molecule has 0 amide bonds. The van der Waals surface area contributed by atoms with E-state index in [2.05, 4.69) is 33.7 Å². The Labute approximate surface area is 177 Å². The zero-order valence-corrected chi connectivity index (χ0v) is 18.2. The fourth-order valence-electron chi connectivity index (χ4n) is 3.12. The minimum atomic E-state index is -3.47. The van der Waals surface area contributed by atoms with Crippen LogP contribution in [0.1, 0.15) is 16.7 Å². The Hall–Kier alpha value is -1.15. The first-order valence-electron chi connectivity index (χ1n) is 9.21. The van der Waals surface area contributed by atoms with Crippen LogP contribution in [-0.4, -0.2) is 51.4 Å². The summed E-state index contributed by atoms with van der Waals surface area (Å²) >= 11 is 11.8. The van der Waals surface area contributed by atoms with Crippen LogP contribution in [-0.2, 0) is 28.9 Å². The van der Waals surface area contributed by atoms with Gasteiger partial charge in [0.1, 0.15) is 0 Å². The molecule has 1 aliphatic rings. The first-order valence-corrected chi connectivity index (χ1v) is 11.6. The van der Waals surface area contributed by atoms with Crippen LogP contribution < -0.4 is 4.72 Å². The Balaban J connectivity index is 1.51. The summed E-state index contributed by atoms with van der Waals surface area (Å²) in [7, 11) is -1.32. The molecule has 0 aromatic heterocycles. The normalized spacial score (nSPS) is 16.4. The predicted molar refractivity (Wildman–Crippen MR) is 115 cm³/mol. The number of nitrogens with zero attached hydrogens (tertiary/aromatic N) is 2. The number of likely N-dealkylation sites (N-methyl/N-ethyl adjacent to an activating group) is 1. The summed E-state index contributed by atoms with van der Waals surface area (Å²) < 4.78 is 27.3. The fraction of sp³-hybridized carbons (Fsp3) is 0.400. The van der Waals surface area contributed by atoms with Crippen LogP contribution in [0, 0.1) is 0 Å². The molecule has 0 unspecified atom stereocenters. The second-order valence-corrected chi connectivity index (χ2v) is 9.85. The molecule has 1 fully saturated rings. The molecule has 3 rings (SSSR count). The third kappa shape index (κ3) is 6.44. The molecule has 0 aliphatic carbocycles. The van der Waals surface area contributed by atoms with Crippen molar-refractivity contribution in [2.45, 2.75) is 18.8 Å². The molecule has 0 radical (unpaired) electrons.